The van der Waals surface area contributed by atoms with Crippen LogP contribution in [0.1, 0.15) is 8.35 Å². The van der Waals surface area contributed by atoms with E-state index in [0.29, 0.717) is 0 Å². The van der Waals surface area contributed by atoms with Gasteiger partial charge in [0, 0.05) is 5.57 Å². The van der Waals surface area contributed by atoms with E-state index in [0.717, 1.165) is 0 Å². The fraction of sp³-hybridized carbons (Fsp3) is 0.500. The van der Waals surface area contributed by atoms with Crippen molar-refractivity contribution in [3.63, 3.8) is 0 Å². The van der Waals surface area contributed by atoms with Crippen molar-refractivity contribution in [1.82, 2.24) is 0 Å². The normalized spacial score (nSPS) is 10.0. The quantitative estimate of drug-likeness (QED) is 0.229. The first kappa shape index (κ1) is 15.2. The molecule has 0 amide bonds. The minimum absolute atomic E-state index is 0. The van der Waals surface area contributed by atoms with Crippen LogP contribution < -0.4 is 18.9 Å². The molecule has 0 fully saturated rings. The molecule has 13 heavy (non-hydrogen) atoms. The topological polar surface area (TPSA) is 80.7 Å². The number of hydrogen-bond acceptors (Lipinski definition) is 4. The first-order valence-corrected chi connectivity index (χ1v) is 4.71. The first-order chi connectivity index (χ1) is 5.33. The second-order valence-corrected chi connectivity index (χ2v) is 3.77. The maximum absolute atomic E-state index is 10.6. The largest absolute Gasteiger partial charge is 1.00 e. The molecule has 0 aliphatic carbocycles. The van der Waals surface area contributed by atoms with E-state index >= 15 is 0 Å². The molecular formula is C6H11LiO5S. The molecule has 0 aromatic heterocycles. The number of rotatable bonds is 4. The third-order valence-corrected chi connectivity index (χ3v) is 1.61. The van der Waals surface area contributed by atoms with E-state index < -0.39 is 21.8 Å². The van der Waals surface area contributed by atoms with Gasteiger partial charge in [-0.2, -0.15) is 8.42 Å². The average molecular weight is 202 g/mol. The summed E-state index contributed by atoms with van der Waals surface area (Å²) in [6.45, 7) is 4.37. The summed E-state index contributed by atoms with van der Waals surface area (Å²) in [7, 11) is -4.05. The Labute approximate surface area is 90.6 Å². The maximum Gasteiger partial charge on any atom is 1.00 e. The van der Waals surface area contributed by atoms with Crippen LogP contribution in [0.25, 0.3) is 0 Å². The SMILES string of the molecule is C=C(C)C(=O)OCCS(=O)(=O)O.[H-].[Li+]. The summed E-state index contributed by atoms with van der Waals surface area (Å²) in [5.74, 6) is -1.26. The van der Waals surface area contributed by atoms with E-state index in [4.69, 9.17) is 4.55 Å². The van der Waals surface area contributed by atoms with Crippen LogP contribution in [0.5, 0.6) is 0 Å². The molecule has 0 aliphatic heterocycles. The van der Waals surface area contributed by atoms with Crippen molar-refractivity contribution < 1.29 is 42.8 Å². The zero-order valence-corrected chi connectivity index (χ0v) is 8.43. The van der Waals surface area contributed by atoms with Gasteiger partial charge in [0.25, 0.3) is 10.1 Å². The Bertz CT molecular complexity index is 287. The van der Waals surface area contributed by atoms with Gasteiger partial charge >= 0.3 is 24.8 Å². The van der Waals surface area contributed by atoms with E-state index in [2.05, 4.69) is 11.3 Å². The molecule has 72 valence electrons. The van der Waals surface area contributed by atoms with E-state index in [1.807, 2.05) is 0 Å². The van der Waals surface area contributed by atoms with Crippen LogP contribution in [-0.2, 0) is 19.6 Å². The van der Waals surface area contributed by atoms with Crippen molar-refractivity contribution >= 4 is 16.1 Å². The van der Waals surface area contributed by atoms with Gasteiger partial charge in [0.15, 0.2) is 0 Å². The van der Waals surface area contributed by atoms with E-state index in [1.54, 1.807) is 0 Å². The second kappa shape index (κ2) is 6.21. The summed E-state index contributed by atoms with van der Waals surface area (Å²) < 4.78 is 32.9. The Balaban J connectivity index is -0.000000605. The summed E-state index contributed by atoms with van der Waals surface area (Å²) >= 11 is 0. The van der Waals surface area contributed by atoms with Gasteiger partial charge in [0.05, 0.1) is 0 Å². The van der Waals surface area contributed by atoms with Crippen LogP contribution in [0.2, 0.25) is 0 Å². The molecule has 0 unspecified atom stereocenters. The number of carbonyl (C=O) groups is 1. The van der Waals surface area contributed by atoms with Crippen molar-refractivity contribution in [3.8, 4) is 0 Å². The van der Waals surface area contributed by atoms with Gasteiger partial charge in [0.1, 0.15) is 12.4 Å². The van der Waals surface area contributed by atoms with Crippen molar-refractivity contribution in [2.24, 2.45) is 0 Å². The van der Waals surface area contributed by atoms with Gasteiger partial charge in [-0.3, -0.25) is 4.55 Å². The fourth-order valence-electron chi connectivity index (χ4n) is 0.363. The molecule has 1 N–H and O–H groups in total. The summed E-state index contributed by atoms with van der Waals surface area (Å²) in [5, 5.41) is 0. The monoisotopic (exact) mass is 202 g/mol. The van der Waals surface area contributed by atoms with Gasteiger partial charge in [-0.25, -0.2) is 4.79 Å². The smallest absolute Gasteiger partial charge is 1.00 e. The Hall–Kier alpha value is -0.283. The fourth-order valence-corrected chi connectivity index (χ4v) is 0.657. The van der Waals surface area contributed by atoms with Gasteiger partial charge < -0.3 is 6.16 Å². The number of hydrogen-bond donors (Lipinski definition) is 1. The Morgan fingerprint density at radius 1 is 1.62 bits per heavy atom. The molecule has 7 heteroatoms. The first-order valence-electron chi connectivity index (χ1n) is 3.11. The molecule has 0 rings (SSSR count). The molecule has 0 bridgehead atoms. The van der Waals surface area contributed by atoms with Crippen LogP contribution in [0.3, 0.4) is 0 Å². The minimum Gasteiger partial charge on any atom is -1.00 e. The molecule has 0 heterocycles. The molecule has 0 aromatic carbocycles. The van der Waals surface area contributed by atoms with Crippen LogP contribution in [-0.4, -0.2) is 31.3 Å². The molecule has 0 saturated heterocycles. The standard InChI is InChI=1S/C6H10O5S.Li.H/c1-5(2)6(7)11-3-4-12(8,9)10;;/h1,3-4H2,2H3,(H,8,9,10);;/q;+1;-1. The number of ether oxygens (including phenoxy) is 1. The average Bonchev–Trinajstić information content (AvgIpc) is 1.84. The third kappa shape index (κ3) is 9.63. The van der Waals surface area contributed by atoms with Crippen molar-refractivity contribution in [3.05, 3.63) is 12.2 Å². The van der Waals surface area contributed by atoms with E-state index in [9.17, 15) is 13.2 Å². The molecule has 0 aliphatic rings. The summed E-state index contributed by atoms with van der Waals surface area (Å²) in [6, 6.07) is 0. The van der Waals surface area contributed by atoms with Gasteiger partial charge in [0.2, 0.25) is 0 Å². The predicted octanol–water partition coefficient (Wildman–Crippen LogP) is -2.89. The maximum atomic E-state index is 10.6. The Morgan fingerprint density at radius 3 is 2.38 bits per heavy atom. The zero-order chi connectivity index (χ0) is 9.78. The van der Waals surface area contributed by atoms with Crippen molar-refractivity contribution in [2.45, 2.75) is 6.92 Å². The van der Waals surface area contributed by atoms with Gasteiger partial charge in [-0.05, 0) is 6.92 Å². The summed E-state index contributed by atoms with van der Waals surface area (Å²) in [4.78, 5) is 10.6. The molecule has 0 atom stereocenters. The van der Waals surface area contributed by atoms with Crippen LogP contribution >= 0.6 is 0 Å². The van der Waals surface area contributed by atoms with E-state index in [-0.39, 0.29) is 32.5 Å². The van der Waals surface area contributed by atoms with E-state index in [1.165, 1.54) is 6.92 Å². The van der Waals surface area contributed by atoms with Crippen molar-refractivity contribution in [1.29, 1.82) is 0 Å². The molecule has 0 aromatic rings. The second-order valence-electron chi connectivity index (χ2n) is 2.20. The Morgan fingerprint density at radius 2 is 2.08 bits per heavy atom. The third-order valence-electron chi connectivity index (χ3n) is 0.923. The van der Waals surface area contributed by atoms with Gasteiger partial charge in [-0.15, -0.1) is 0 Å². The molecular weight excluding hydrogens is 191 g/mol. The van der Waals surface area contributed by atoms with Gasteiger partial charge in [-0.1, -0.05) is 6.58 Å². The molecule has 0 spiro atoms. The summed E-state index contributed by atoms with van der Waals surface area (Å²) in [6.07, 6.45) is 0. The zero-order valence-electron chi connectivity index (χ0n) is 8.61. The Kier molecular flexibility index (Phi) is 7.27. The number of esters is 1. The van der Waals surface area contributed by atoms with Crippen LogP contribution in [0.15, 0.2) is 12.2 Å². The molecule has 0 saturated carbocycles. The van der Waals surface area contributed by atoms with Crippen LogP contribution in [0.4, 0.5) is 0 Å². The molecule has 5 nitrogen and oxygen atoms in total. The van der Waals surface area contributed by atoms with Crippen molar-refractivity contribution in [2.75, 3.05) is 12.4 Å². The predicted molar refractivity (Wildman–Crippen MR) is 43.3 cm³/mol. The summed E-state index contributed by atoms with van der Waals surface area (Å²) in [5.41, 5.74) is 0.185. The number of carbonyl (C=O) groups excluding carboxylic acids is 1. The minimum atomic E-state index is -4.05. The van der Waals surface area contributed by atoms with Crippen LogP contribution in [0, 0.1) is 0 Å². The molecule has 0 radical (unpaired) electrons.